The summed E-state index contributed by atoms with van der Waals surface area (Å²) in [4.78, 5) is 8.67. The molecule has 0 saturated carbocycles. The van der Waals surface area contributed by atoms with Gasteiger partial charge in [0.1, 0.15) is 5.52 Å². The fourth-order valence-electron chi connectivity index (χ4n) is 2.91. The molecule has 0 fully saturated rings. The van der Waals surface area contributed by atoms with Gasteiger partial charge in [-0.25, -0.2) is 4.52 Å². The molecule has 26 heavy (non-hydrogen) atoms. The Labute approximate surface area is 155 Å². The number of fused-ring (bicyclic) bond motifs is 1. The van der Waals surface area contributed by atoms with Crippen molar-refractivity contribution in [1.29, 1.82) is 0 Å². The molecule has 0 amide bonds. The van der Waals surface area contributed by atoms with E-state index in [2.05, 4.69) is 20.4 Å². The number of rotatable bonds is 5. The quantitative estimate of drug-likeness (QED) is 0.565. The van der Waals surface area contributed by atoms with E-state index in [4.69, 9.17) is 11.6 Å². The molecule has 3 heterocycles. The van der Waals surface area contributed by atoms with Crippen LogP contribution in [0.3, 0.4) is 0 Å². The molecule has 1 unspecified atom stereocenters. The first kappa shape index (κ1) is 16.5. The van der Waals surface area contributed by atoms with Crippen molar-refractivity contribution in [1.82, 2.24) is 19.6 Å². The summed E-state index contributed by atoms with van der Waals surface area (Å²) in [5.74, 6) is 0.540. The number of halogens is 1. The van der Waals surface area contributed by atoms with Crippen LogP contribution < -0.4 is 5.32 Å². The Morgan fingerprint density at radius 1 is 1.08 bits per heavy atom. The fourth-order valence-corrected chi connectivity index (χ4v) is 3.08. The van der Waals surface area contributed by atoms with Crippen molar-refractivity contribution in [3.8, 4) is 11.1 Å². The Morgan fingerprint density at radius 3 is 2.62 bits per heavy atom. The maximum atomic E-state index is 9.83. The molecule has 4 rings (SSSR count). The van der Waals surface area contributed by atoms with Crippen molar-refractivity contribution >= 4 is 22.9 Å². The van der Waals surface area contributed by atoms with Gasteiger partial charge in [-0.05, 0) is 35.4 Å². The summed E-state index contributed by atoms with van der Waals surface area (Å²) in [6.45, 7) is -0.133. The average molecular weight is 366 g/mol. The number of aliphatic hydroxyl groups is 1. The standard InChI is InChI=1S/C19H16ClN5O/c20-19-23-18(22-16(12-26)15-8-4-5-10-21-15)17-14(9-11-25(17)24-19)13-6-2-1-3-7-13/h1-11,16,26H,12H2,(H,22,23,24). The van der Waals surface area contributed by atoms with Crippen LogP contribution in [-0.4, -0.2) is 31.3 Å². The fraction of sp³-hybridized carbons (Fsp3) is 0.105. The zero-order valence-electron chi connectivity index (χ0n) is 13.7. The molecule has 0 aliphatic heterocycles. The summed E-state index contributed by atoms with van der Waals surface area (Å²) in [6.07, 6.45) is 3.53. The number of nitrogens with zero attached hydrogens (tertiary/aromatic N) is 4. The molecule has 6 nitrogen and oxygen atoms in total. The van der Waals surface area contributed by atoms with Crippen LogP contribution in [0.4, 0.5) is 5.82 Å². The molecule has 0 saturated heterocycles. The highest BCUT2D eigenvalue weighted by Crippen LogP contribution is 2.31. The molecule has 0 spiro atoms. The topological polar surface area (TPSA) is 75.3 Å². The molecule has 0 bridgehead atoms. The van der Waals surface area contributed by atoms with Gasteiger partial charge in [0.25, 0.3) is 0 Å². The van der Waals surface area contributed by atoms with Gasteiger partial charge in [-0.3, -0.25) is 4.98 Å². The first-order valence-corrected chi connectivity index (χ1v) is 8.52. The van der Waals surface area contributed by atoms with Crippen molar-refractivity contribution in [2.45, 2.75) is 6.04 Å². The van der Waals surface area contributed by atoms with Crippen molar-refractivity contribution in [3.05, 3.63) is 78.0 Å². The van der Waals surface area contributed by atoms with E-state index in [0.717, 1.165) is 22.3 Å². The summed E-state index contributed by atoms with van der Waals surface area (Å²) in [5.41, 5.74) is 3.52. The third-order valence-electron chi connectivity index (χ3n) is 4.11. The number of anilines is 1. The van der Waals surface area contributed by atoms with E-state index in [1.54, 1.807) is 10.7 Å². The van der Waals surface area contributed by atoms with Crippen LogP contribution in [0.5, 0.6) is 0 Å². The van der Waals surface area contributed by atoms with Gasteiger partial charge in [0.15, 0.2) is 5.82 Å². The maximum absolute atomic E-state index is 9.83. The lowest BCUT2D eigenvalue weighted by Gasteiger charge is -2.17. The third-order valence-corrected chi connectivity index (χ3v) is 4.27. The molecule has 7 heteroatoms. The first-order chi connectivity index (χ1) is 12.8. The van der Waals surface area contributed by atoms with E-state index in [1.165, 1.54) is 0 Å². The molecule has 0 radical (unpaired) electrons. The van der Waals surface area contributed by atoms with Crippen molar-refractivity contribution in [2.24, 2.45) is 0 Å². The molecule has 3 aromatic heterocycles. The summed E-state index contributed by atoms with van der Waals surface area (Å²) in [5, 5.41) is 17.4. The van der Waals surface area contributed by atoms with E-state index < -0.39 is 6.04 Å². The second kappa shape index (κ2) is 7.11. The van der Waals surface area contributed by atoms with Crippen LogP contribution in [0.15, 0.2) is 67.0 Å². The second-order valence-electron chi connectivity index (χ2n) is 5.75. The minimum atomic E-state index is -0.413. The van der Waals surface area contributed by atoms with E-state index >= 15 is 0 Å². The zero-order chi connectivity index (χ0) is 17.9. The number of aromatic nitrogens is 4. The van der Waals surface area contributed by atoms with E-state index in [0.29, 0.717) is 5.82 Å². The second-order valence-corrected chi connectivity index (χ2v) is 6.09. The summed E-state index contributed by atoms with van der Waals surface area (Å²) in [6, 6.07) is 17.1. The van der Waals surface area contributed by atoms with Gasteiger partial charge in [-0.15, -0.1) is 5.10 Å². The molecule has 130 valence electrons. The minimum absolute atomic E-state index is 0.118. The number of hydrogen-bond donors (Lipinski definition) is 2. The highest BCUT2D eigenvalue weighted by atomic mass is 35.5. The largest absolute Gasteiger partial charge is 0.394 e. The lowest BCUT2D eigenvalue weighted by atomic mass is 10.1. The molecule has 2 N–H and O–H groups in total. The smallest absolute Gasteiger partial charge is 0.243 e. The number of aliphatic hydroxyl groups excluding tert-OH is 1. The normalized spacial score (nSPS) is 12.2. The first-order valence-electron chi connectivity index (χ1n) is 8.15. The van der Waals surface area contributed by atoms with Crippen molar-refractivity contribution in [3.63, 3.8) is 0 Å². The van der Waals surface area contributed by atoms with Crippen LogP contribution in [0.25, 0.3) is 16.6 Å². The third kappa shape index (κ3) is 3.12. The Balaban J connectivity index is 1.82. The van der Waals surface area contributed by atoms with Crippen LogP contribution in [0, 0.1) is 0 Å². The molecule has 4 aromatic rings. The van der Waals surface area contributed by atoms with Crippen molar-refractivity contribution < 1.29 is 5.11 Å². The summed E-state index contributed by atoms with van der Waals surface area (Å²) < 4.78 is 1.69. The van der Waals surface area contributed by atoms with Gasteiger partial charge in [0.2, 0.25) is 5.28 Å². The maximum Gasteiger partial charge on any atom is 0.243 e. The molecule has 1 atom stereocenters. The Morgan fingerprint density at radius 2 is 1.88 bits per heavy atom. The van der Waals surface area contributed by atoms with E-state index in [-0.39, 0.29) is 11.9 Å². The summed E-state index contributed by atoms with van der Waals surface area (Å²) >= 11 is 6.09. The van der Waals surface area contributed by atoms with Gasteiger partial charge < -0.3 is 10.4 Å². The predicted molar refractivity (Wildman–Crippen MR) is 101 cm³/mol. The number of pyridine rings is 1. The zero-order valence-corrected chi connectivity index (χ0v) is 14.5. The molecular weight excluding hydrogens is 350 g/mol. The molecule has 0 aliphatic carbocycles. The lowest BCUT2D eigenvalue weighted by Crippen LogP contribution is -2.18. The highest BCUT2D eigenvalue weighted by molar-refractivity contribution is 6.28. The molecule has 0 aliphatic rings. The molecular formula is C19H16ClN5O. The monoisotopic (exact) mass is 365 g/mol. The van der Waals surface area contributed by atoms with Crippen LogP contribution in [0.1, 0.15) is 11.7 Å². The van der Waals surface area contributed by atoms with E-state index in [1.807, 2.05) is 60.8 Å². The number of hydrogen-bond acceptors (Lipinski definition) is 5. The van der Waals surface area contributed by atoms with Gasteiger partial charge in [-0.2, -0.15) is 4.98 Å². The van der Waals surface area contributed by atoms with Gasteiger partial charge >= 0.3 is 0 Å². The number of nitrogens with one attached hydrogen (secondary N) is 1. The SMILES string of the molecule is OCC(Nc1nc(Cl)nn2ccc(-c3ccccc3)c12)c1ccccn1. The Hall–Kier alpha value is -2.96. The lowest BCUT2D eigenvalue weighted by molar-refractivity contribution is 0.274. The average Bonchev–Trinajstić information content (AvgIpc) is 3.11. The number of benzene rings is 1. The Kier molecular flexibility index (Phi) is 4.51. The van der Waals surface area contributed by atoms with Gasteiger partial charge in [-0.1, -0.05) is 36.4 Å². The van der Waals surface area contributed by atoms with Crippen LogP contribution >= 0.6 is 11.6 Å². The van der Waals surface area contributed by atoms with Gasteiger partial charge in [0.05, 0.1) is 18.3 Å². The molecule has 1 aromatic carbocycles. The predicted octanol–water partition coefficient (Wildman–Crippen LogP) is 3.59. The minimum Gasteiger partial charge on any atom is -0.394 e. The van der Waals surface area contributed by atoms with Crippen LogP contribution in [-0.2, 0) is 0 Å². The highest BCUT2D eigenvalue weighted by Gasteiger charge is 2.18. The van der Waals surface area contributed by atoms with Gasteiger partial charge in [0, 0.05) is 18.0 Å². The van der Waals surface area contributed by atoms with Crippen molar-refractivity contribution in [2.75, 3.05) is 11.9 Å². The summed E-state index contributed by atoms with van der Waals surface area (Å²) in [7, 11) is 0. The van der Waals surface area contributed by atoms with E-state index in [9.17, 15) is 5.11 Å². The van der Waals surface area contributed by atoms with Crippen LogP contribution in [0.2, 0.25) is 5.28 Å². The Bertz CT molecular complexity index is 1020.